The molecule has 0 atom stereocenters. The van der Waals surface area contributed by atoms with E-state index in [-0.39, 0.29) is 10.9 Å². The minimum absolute atomic E-state index is 0.0179. The molecule has 1 heterocycles. The predicted molar refractivity (Wildman–Crippen MR) is 55.3 cm³/mol. The van der Waals surface area contributed by atoms with E-state index in [0.29, 0.717) is 4.57 Å². The Morgan fingerprint density at radius 3 is 2.25 bits per heavy atom. The van der Waals surface area contributed by atoms with Gasteiger partial charge in [0.2, 0.25) is 0 Å². The van der Waals surface area contributed by atoms with Crippen molar-refractivity contribution in [1.82, 2.24) is 4.57 Å². The van der Waals surface area contributed by atoms with Crippen molar-refractivity contribution in [1.29, 1.82) is 0 Å². The lowest BCUT2D eigenvalue weighted by Gasteiger charge is -2.10. The summed E-state index contributed by atoms with van der Waals surface area (Å²) in [5.74, 6) is -2.71. The van der Waals surface area contributed by atoms with Crippen molar-refractivity contribution in [2.75, 3.05) is 0 Å². The van der Waals surface area contributed by atoms with E-state index in [1.165, 1.54) is 0 Å². The van der Waals surface area contributed by atoms with Gasteiger partial charge in [-0.3, -0.25) is 9.36 Å². The Morgan fingerprint density at radius 1 is 1.05 bits per heavy atom. The van der Waals surface area contributed by atoms with Crippen LogP contribution in [0, 0.1) is 0 Å². The highest BCUT2D eigenvalue weighted by atomic mass is 19.4. The first-order chi connectivity index (χ1) is 9.08. The number of nitrogens with zero attached hydrogens (tertiary/aromatic N) is 1. The Hall–Kier alpha value is -2.19. The number of hydrogen-bond acceptors (Lipinski definition) is 2. The number of carbonyl (C=O) groups excluding carboxylic acids is 1. The number of benzene rings is 1. The van der Waals surface area contributed by atoms with Gasteiger partial charge < -0.3 is 4.74 Å². The highest BCUT2D eigenvalue weighted by Crippen LogP contribution is 2.28. The van der Waals surface area contributed by atoms with Crippen LogP contribution < -0.4 is 4.74 Å². The third kappa shape index (κ3) is 2.86. The summed E-state index contributed by atoms with van der Waals surface area (Å²) >= 11 is 0. The molecule has 0 fully saturated rings. The summed E-state index contributed by atoms with van der Waals surface area (Å²) in [5, 5.41) is 0.0179. The number of fused-ring (bicyclic) bond motifs is 1. The van der Waals surface area contributed by atoms with Crippen LogP contribution in [0.4, 0.5) is 26.3 Å². The van der Waals surface area contributed by atoms with E-state index in [4.69, 9.17) is 0 Å². The molecular formula is C11H5F6NO2. The fraction of sp³-hybridized carbons (Fsp3) is 0.182. The zero-order valence-corrected chi connectivity index (χ0v) is 9.42. The molecule has 0 bridgehead atoms. The van der Waals surface area contributed by atoms with Crippen LogP contribution in [-0.2, 0) is 0 Å². The summed E-state index contributed by atoms with van der Waals surface area (Å²) in [6.07, 6.45) is -9.15. The number of hydrogen-bond donors (Lipinski definition) is 0. The Kier molecular flexibility index (Phi) is 3.15. The van der Waals surface area contributed by atoms with Gasteiger partial charge >= 0.3 is 18.4 Å². The quantitative estimate of drug-likeness (QED) is 0.751. The Morgan fingerprint density at radius 2 is 1.70 bits per heavy atom. The van der Waals surface area contributed by atoms with Crippen molar-refractivity contribution in [3.05, 3.63) is 30.5 Å². The third-order valence-corrected chi connectivity index (χ3v) is 2.36. The lowest BCUT2D eigenvalue weighted by molar-refractivity contribution is -0.274. The van der Waals surface area contributed by atoms with Crippen LogP contribution in [0.25, 0.3) is 10.9 Å². The highest BCUT2D eigenvalue weighted by molar-refractivity contribution is 5.95. The first-order valence-corrected chi connectivity index (χ1v) is 5.06. The molecule has 0 saturated heterocycles. The SMILES string of the molecule is O=C(n1ccc2cc(OC(F)(F)F)ccc21)C(F)(F)F. The van der Waals surface area contributed by atoms with Crippen molar-refractivity contribution in [2.45, 2.75) is 12.5 Å². The molecule has 0 N–H and O–H groups in total. The van der Waals surface area contributed by atoms with Gasteiger partial charge in [0.05, 0.1) is 5.52 Å². The molecule has 3 nitrogen and oxygen atoms in total. The van der Waals surface area contributed by atoms with Gasteiger partial charge in [-0.2, -0.15) is 13.2 Å². The highest BCUT2D eigenvalue weighted by Gasteiger charge is 2.40. The summed E-state index contributed by atoms with van der Waals surface area (Å²) in [5.41, 5.74) is -0.165. The average Bonchev–Trinajstić information content (AvgIpc) is 2.67. The number of aromatic nitrogens is 1. The topological polar surface area (TPSA) is 31.2 Å². The first kappa shape index (κ1) is 14.2. The van der Waals surface area contributed by atoms with Crippen LogP contribution in [0.1, 0.15) is 4.79 Å². The molecule has 0 radical (unpaired) electrons. The first-order valence-electron chi connectivity index (χ1n) is 5.06. The molecule has 0 aliphatic carbocycles. The number of halogens is 6. The zero-order chi connectivity index (χ0) is 15.1. The molecule has 0 aliphatic heterocycles. The van der Waals surface area contributed by atoms with Crippen LogP contribution in [0.3, 0.4) is 0 Å². The fourth-order valence-electron chi connectivity index (χ4n) is 1.63. The molecule has 2 rings (SSSR count). The monoisotopic (exact) mass is 297 g/mol. The van der Waals surface area contributed by atoms with Crippen molar-refractivity contribution < 1.29 is 35.9 Å². The Bertz CT molecular complexity index is 655. The van der Waals surface area contributed by atoms with Crippen molar-refractivity contribution in [3.8, 4) is 5.75 Å². The van der Waals surface area contributed by atoms with Crippen molar-refractivity contribution in [3.63, 3.8) is 0 Å². The molecule has 0 spiro atoms. The molecule has 2 aromatic rings. The Labute approximate surface area is 107 Å². The maximum Gasteiger partial charge on any atom is 0.573 e. The molecule has 0 saturated carbocycles. The summed E-state index contributed by atoms with van der Waals surface area (Å²) < 4.78 is 76.8. The minimum atomic E-state index is -5.08. The van der Waals surface area contributed by atoms with Gasteiger partial charge in [0.25, 0.3) is 0 Å². The van der Waals surface area contributed by atoms with Crippen LogP contribution in [0.5, 0.6) is 5.75 Å². The van der Waals surface area contributed by atoms with Gasteiger partial charge in [-0.15, -0.1) is 13.2 Å². The minimum Gasteiger partial charge on any atom is -0.406 e. The van der Waals surface area contributed by atoms with E-state index in [9.17, 15) is 31.1 Å². The van der Waals surface area contributed by atoms with Crippen LogP contribution in [0.2, 0.25) is 0 Å². The van der Waals surface area contributed by atoms with Gasteiger partial charge in [-0.1, -0.05) is 0 Å². The summed E-state index contributed by atoms with van der Waals surface area (Å²) in [4.78, 5) is 11.1. The van der Waals surface area contributed by atoms with E-state index in [1.807, 2.05) is 0 Å². The second-order valence-corrected chi connectivity index (χ2v) is 3.76. The maximum atomic E-state index is 12.3. The molecule has 108 valence electrons. The van der Waals surface area contributed by atoms with E-state index < -0.39 is 24.2 Å². The van der Waals surface area contributed by atoms with E-state index >= 15 is 0 Å². The number of carbonyl (C=O) groups is 1. The van der Waals surface area contributed by atoms with Gasteiger partial charge in [-0.25, -0.2) is 0 Å². The number of alkyl halides is 6. The second-order valence-electron chi connectivity index (χ2n) is 3.76. The fourth-order valence-corrected chi connectivity index (χ4v) is 1.63. The number of rotatable bonds is 1. The molecule has 0 aliphatic rings. The molecular weight excluding hydrogens is 292 g/mol. The maximum absolute atomic E-state index is 12.3. The van der Waals surface area contributed by atoms with E-state index in [0.717, 1.165) is 30.5 Å². The van der Waals surface area contributed by atoms with E-state index in [1.54, 1.807) is 0 Å². The average molecular weight is 297 g/mol. The molecule has 1 aromatic carbocycles. The largest absolute Gasteiger partial charge is 0.573 e. The van der Waals surface area contributed by atoms with Gasteiger partial charge in [0.1, 0.15) is 5.75 Å². The van der Waals surface area contributed by atoms with Gasteiger partial charge in [-0.05, 0) is 24.3 Å². The van der Waals surface area contributed by atoms with Crippen LogP contribution >= 0.6 is 0 Å². The van der Waals surface area contributed by atoms with Crippen LogP contribution in [0.15, 0.2) is 30.5 Å². The van der Waals surface area contributed by atoms with Gasteiger partial charge in [0.15, 0.2) is 0 Å². The zero-order valence-electron chi connectivity index (χ0n) is 9.42. The third-order valence-electron chi connectivity index (χ3n) is 2.36. The van der Waals surface area contributed by atoms with Gasteiger partial charge in [0, 0.05) is 11.6 Å². The summed E-state index contributed by atoms with van der Waals surface area (Å²) in [6, 6.07) is 3.75. The molecule has 0 amide bonds. The molecule has 1 aromatic heterocycles. The normalized spacial score (nSPS) is 12.7. The lowest BCUT2D eigenvalue weighted by atomic mass is 10.2. The predicted octanol–water partition coefficient (Wildman–Crippen LogP) is 3.74. The standard InChI is InChI=1S/C11H5F6NO2/c12-10(13,14)9(19)18-4-3-6-5-7(1-2-8(6)18)20-11(15,16)17/h1-5H. The Balaban J connectivity index is 2.42. The molecule has 0 unspecified atom stereocenters. The molecule has 20 heavy (non-hydrogen) atoms. The van der Waals surface area contributed by atoms with Crippen LogP contribution in [-0.4, -0.2) is 23.0 Å². The van der Waals surface area contributed by atoms with Crippen molar-refractivity contribution in [2.24, 2.45) is 0 Å². The smallest absolute Gasteiger partial charge is 0.406 e. The summed E-state index contributed by atoms with van der Waals surface area (Å²) in [6.45, 7) is 0. The second kappa shape index (κ2) is 4.43. The lowest BCUT2D eigenvalue weighted by Crippen LogP contribution is -2.28. The number of ether oxygens (including phenoxy) is 1. The van der Waals surface area contributed by atoms with E-state index in [2.05, 4.69) is 4.74 Å². The molecule has 9 heteroatoms. The summed E-state index contributed by atoms with van der Waals surface area (Å²) in [7, 11) is 0. The van der Waals surface area contributed by atoms with Crippen molar-refractivity contribution >= 4 is 16.8 Å².